The van der Waals surface area contributed by atoms with E-state index in [0.717, 1.165) is 0 Å². The number of hydrogen-bond acceptors (Lipinski definition) is 2. The van der Waals surface area contributed by atoms with E-state index in [1.807, 2.05) is 24.3 Å². The first kappa shape index (κ1) is 16.1. The Morgan fingerprint density at radius 3 is 1.39 bits per heavy atom. The molecule has 0 radical (unpaired) electrons. The first-order valence-corrected chi connectivity index (χ1v) is 9.85. The molecule has 3 aromatic rings. The zero-order valence-corrected chi connectivity index (χ0v) is 15.6. The first-order valence-electron chi connectivity index (χ1n) is 9.48. The molecule has 4 aliphatic rings. The summed E-state index contributed by atoms with van der Waals surface area (Å²) in [5.41, 5.74) is 5.34. The van der Waals surface area contributed by atoms with Crippen molar-refractivity contribution < 1.29 is 9.59 Å². The van der Waals surface area contributed by atoms with Crippen molar-refractivity contribution in [3.05, 3.63) is 100 Å². The van der Waals surface area contributed by atoms with Crippen LogP contribution in [-0.2, 0) is 9.59 Å². The minimum Gasteiger partial charge on any atom is -0.274 e. The van der Waals surface area contributed by atoms with Gasteiger partial charge in [0.05, 0.1) is 17.5 Å². The maximum atomic E-state index is 13.5. The maximum Gasteiger partial charge on any atom is 0.238 e. The normalized spacial score (nSPS) is 26.8. The number of benzene rings is 3. The van der Waals surface area contributed by atoms with Gasteiger partial charge in [0.25, 0.3) is 0 Å². The molecule has 7 rings (SSSR count). The van der Waals surface area contributed by atoms with Crippen LogP contribution in [0.15, 0.2) is 72.8 Å². The number of amides is 2. The highest BCUT2D eigenvalue weighted by molar-refractivity contribution is 6.31. The zero-order valence-electron chi connectivity index (χ0n) is 14.9. The fourth-order valence-corrected chi connectivity index (χ4v) is 5.65. The Kier molecular flexibility index (Phi) is 3.19. The number of carbonyl (C=O) groups excluding carboxylic acids is 2. The highest BCUT2D eigenvalue weighted by Gasteiger charge is 2.61. The van der Waals surface area contributed by atoms with Crippen LogP contribution >= 0.6 is 11.6 Å². The van der Waals surface area contributed by atoms with Gasteiger partial charge in [0.2, 0.25) is 11.8 Å². The Morgan fingerprint density at radius 2 is 1.00 bits per heavy atom. The molecule has 2 atom stereocenters. The summed E-state index contributed by atoms with van der Waals surface area (Å²) < 4.78 is 0. The van der Waals surface area contributed by atoms with E-state index in [2.05, 4.69) is 24.3 Å². The van der Waals surface area contributed by atoms with Gasteiger partial charge in [0, 0.05) is 16.9 Å². The lowest BCUT2D eigenvalue weighted by molar-refractivity contribution is -0.122. The Bertz CT molecular complexity index is 1040. The molecule has 4 heteroatoms. The van der Waals surface area contributed by atoms with Crippen molar-refractivity contribution in [2.24, 2.45) is 11.8 Å². The van der Waals surface area contributed by atoms with Crippen LogP contribution in [0, 0.1) is 11.8 Å². The molecule has 1 saturated heterocycles. The molecule has 2 bridgehead atoms. The summed E-state index contributed by atoms with van der Waals surface area (Å²) in [6, 6.07) is 23.5. The smallest absolute Gasteiger partial charge is 0.238 e. The molecule has 3 aliphatic carbocycles. The SMILES string of the molecule is O=C1C2C3c4ccccc4C(c4ccccc43)C2C(=O)N1c1ccc(Cl)cc1. The average molecular weight is 386 g/mol. The third-order valence-electron chi connectivity index (χ3n) is 6.53. The van der Waals surface area contributed by atoms with Crippen LogP contribution in [0.5, 0.6) is 0 Å². The van der Waals surface area contributed by atoms with Crippen LogP contribution < -0.4 is 4.90 Å². The van der Waals surface area contributed by atoms with E-state index >= 15 is 0 Å². The molecule has 2 unspecified atom stereocenters. The van der Waals surface area contributed by atoms with Crippen molar-refractivity contribution in [3.8, 4) is 0 Å². The predicted octanol–water partition coefficient (Wildman–Crippen LogP) is 4.74. The minimum absolute atomic E-state index is 0.0730. The minimum atomic E-state index is -0.349. The fourth-order valence-electron chi connectivity index (χ4n) is 5.52. The number of carbonyl (C=O) groups is 2. The standard InChI is InChI=1S/C24H16ClNO2/c25-13-9-11-14(12-10-13)26-23(27)21-19-15-5-1-2-6-16(15)20(22(21)24(26)28)18-8-4-3-7-17(18)19/h1-12,19-22H. The van der Waals surface area contributed by atoms with Crippen LogP contribution in [0.2, 0.25) is 5.02 Å². The molecule has 0 spiro atoms. The van der Waals surface area contributed by atoms with E-state index in [0.29, 0.717) is 10.7 Å². The van der Waals surface area contributed by atoms with E-state index in [4.69, 9.17) is 11.6 Å². The Labute approximate surface area is 167 Å². The lowest BCUT2D eigenvalue weighted by Crippen LogP contribution is -2.41. The van der Waals surface area contributed by atoms with E-state index in [1.54, 1.807) is 24.3 Å². The van der Waals surface area contributed by atoms with Crippen molar-refractivity contribution in [1.82, 2.24) is 0 Å². The summed E-state index contributed by atoms with van der Waals surface area (Å²) in [4.78, 5) is 28.4. The zero-order chi connectivity index (χ0) is 19.0. The number of imide groups is 1. The number of halogens is 1. The second kappa shape index (κ2) is 5.55. The Hall–Kier alpha value is -2.91. The topological polar surface area (TPSA) is 37.4 Å². The van der Waals surface area contributed by atoms with Gasteiger partial charge in [-0.05, 0) is 46.5 Å². The summed E-state index contributed by atoms with van der Waals surface area (Å²) >= 11 is 6.00. The molecule has 1 aliphatic heterocycles. The van der Waals surface area contributed by atoms with Crippen molar-refractivity contribution >= 4 is 29.1 Å². The van der Waals surface area contributed by atoms with Gasteiger partial charge in [0.1, 0.15) is 0 Å². The molecular weight excluding hydrogens is 370 g/mol. The van der Waals surface area contributed by atoms with Gasteiger partial charge in [-0.2, -0.15) is 0 Å². The van der Waals surface area contributed by atoms with Crippen molar-refractivity contribution in [3.63, 3.8) is 0 Å². The molecule has 2 amide bonds. The van der Waals surface area contributed by atoms with Gasteiger partial charge in [-0.15, -0.1) is 0 Å². The second-order valence-corrected chi connectivity index (χ2v) is 8.19. The predicted molar refractivity (Wildman–Crippen MR) is 107 cm³/mol. The van der Waals surface area contributed by atoms with Gasteiger partial charge in [-0.25, -0.2) is 4.90 Å². The largest absolute Gasteiger partial charge is 0.274 e. The summed E-state index contributed by atoms with van der Waals surface area (Å²) in [5, 5.41) is 0.583. The molecule has 0 saturated carbocycles. The van der Waals surface area contributed by atoms with Gasteiger partial charge in [-0.1, -0.05) is 60.1 Å². The quantitative estimate of drug-likeness (QED) is 0.567. The summed E-state index contributed by atoms with van der Waals surface area (Å²) in [7, 11) is 0. The van der Waals surface area contributed by atoms with Crippen LogP contribution in [-0.4, -0.2) is 11.8 Å². The number of hydrogen-bond donors (Lipinski definition) is 0. The van der Waals surface area contributed by atoms with E-state index in [1.165, 1.54) is 27.2 Å². The van der Waals surface area contributed by atoms with Gasteiger partial charge < -0.3 is 0 Å². The summed E-state index contributed by atoms with van der Waals surface area (Å²) in [6.07, 6.45) is 0. The fraction of sp³-hybridized carbons (Fsp3) is 0.167. The maximum absolute atomic E-state index is 13.5. The Balaban J connectivity index is 1.57. The molecule has 136 valence electrons. The second-order valence-electron chi connectivity index (χ2n) is 7.75. The van der Waals surface area contributed by atoms with Gasteiger partial charge in [-0.3, -0.25) is 9.59 Å². The highest BCUT2D eigenvalue weighted by Crippen LogP contribution is 2.61. The Morgan fingerprint density at radius 1 is 0.607 bits per heavy atom. The molecule has 0 aromatic heterocycles. The van der Waals surface area contributed by atoms with Crippen LogP contribution in [0.3, 0.4) is 0 Å². The lowest BCUT2D eigenvalue weighted by atomic mass is 9.55. The van der Waals surface area contributed by atoms with E-state index in [-0.39, 0.29) is 35.5 Å². The third-order valence-corrected chi connectivity index (χ3v) is 6.79. The molecule has 28 heavy (non-hydrogen) atoms. The summed E-state index contributed by atoms with van der Waals surface area (Å²) in [6.45, 7) is 0. The van der Waals surface area contributed by atoms with Crippen molar-refractivity contribution in [2.75, 3.05) is 4.90 Å². The molecule has 0 N–H and O–H groups in total. The molecule has 3 nitrogen and oxygen atoms in total. The van der Waals surface area contributed by atoms with Crippen molar-refractivity contribution in [2.45, 2.75) is 11.8 Å². The molecular formula is C24H16ClNO2. The number of anilines is 1. The van der Waals surface area contributed by atoms with E-state index < -0.39 is 0 Å². The summed E-state index contributed by atoms with van der Waals surface area (Å²) in [5.74, 6) is -1.05. The van der Waals surface area contributed by atoms with Crippen LogP contribution in [0.1, 0.15) is 34.1 Å². The van der Waals surface area contributed by atoms with Gasteiger partial charge in [0.15, 0.2) is 0 Å². The number of nitrogens with zero attached hydrogens (tertiary/aromatic N) is 1. The molecule has 1 fully saturated rings. The van der Waals surface area contributed by atoms with Crippen molar-refractivity contribution in [1.29, 1.82) is 0 Å². The first-order chi connectivity index (χ1) is 13.7. The molecule has 1 heterocycles. The van der Waals surface area contributed by atoms with Crippen LogP contribution in [0.4, 0.5) is 5.69 Å². The highest BCUT2D eigenvalue weighted by atomic mass is 35.5. The monoisotopic (exact) mass is 385 g/mol. The van der Waals surface area contributed by atoms with Gasteiger partial charge >= 0.3 is 0 Å². The average Bonchev–Trinajstić information content (AvgIpc) is 3.00. The van der Waals surface area contributed by atoms with E-state index in [9.17, 15) is 9.59 Å². The lowest BCUT2D eigenvalue weighted by Gasteiger charge is -2.45. The molecule has 3 aromatic carbocycles. The third kappa shape index (κ3) is 1.90. The van der Waals surface area contributed by atoms with Crippen LogP contribution in [0.25, 0.3) is 0 Å². The number of rotatable bonds is 1.